The standard InChI is InChI=1S/C29H48N5O11P/c1-3-5-7-9-11-13-22(35)41-15-20(44-23(36)14-12-10-8-6-4-2)16-42-46(39,40)43-17-21-25(37)26(38)29(45-21)34-19-33-24-27(30)31-18-32-28(24)34/h18-21,25-26,29,37-38H,3-17H2,1-2H3,(H,39,40)(H2,30,31,32)/p-1/t20-,21+,25?,26-,29+/m0/s1. The average Bonchev–Trinajstić information content (AvgIpc) is 3.58. The first-order valence-corrected chi connectivity index (χ1v) is 17.4. The van der Waals surface area contributed by atoms with Crippen LogP contribution in [-0.2, 0) is 37.4 Å². The second-order valence-electron chi connectivity index (χ2n) is 11.3. The van der Waals surface area contributed by atoms with Gasteiger partial charge in [0.25, 0.3) is 7.82 Å². The fraction of sp³-hybridized carbons (Fsp3) is 0.759. The van der Waals surface area contributed by atoms with Crippen LogP contribution in [0.5, 0.6) is 0 Å². The monoisotopic (exact) mass is 672 g/mol. The van der Waals surface area contributed by atoms with Gasteiger partial charge in [0.1, 0.15) is 36.8 Å². The molecule has 0 aromatic carbocycles. The molecule has 3 rings (SSSR count). The molecule has 16 nitrogen and oxygen atoms in total. The number of anilines is 1. The number of phosphoric ester groups is 1. The Kier molecular flexibility index (Phi) is 15.7. The van der Waals surface area contributed by atoms with Gasteiger partial charge in [-0.05, 0) is 12.8 Å². The predicted molar refractivity (Wildman–Crippen MR) is 163 cm³/mol. The van der Waals surface area contributed by atoms with E-state index in [9.17, 15) is 29.3 Å². The highest BCUT2D eigenvalue weighted by atomic mass is 31.2. The molecule has 0 bridgehead atoms. The molecule has 2 aromatic rings. The van der Waals surface area contributed by atoms with Crippen LogP contribution in [0.25, 0.3) is 11.2 Å². The lowest BCUT2D eigenvalue weighted by atomic mass is 10.1. The third kappa shape index (κ3) is 11.8. The number of phosphoric acid groups is 1. The summed E-state index contributed by atoms with van der Waals surface area (Å²) in [7, 11) is -5.03. The highest BCUT2D eigenvalue weighted by Crippen LogP contribution is 2.41. The van der Waals surface area contributed by atoms with E-state index in [1.165, 1.54) is 17.2 Å². The van der Waals surface area contributed by atoms with Crippen molar-refractivity contribution in [1.29, 1.82) is 0 Å². The summed E-state index contributed by atoms with van der Waals surface area (Å²) in [6.07, 6.45) is 5.45. The van der Waals surface area contributed by atoms with Gasteiger partial charge in [0.15, 0.2) is 23.8 Å². The van der Waals surface area contributed by atoms with E-state index >= 15 is 0 Å². The Morgan fingerprint density at radius 2 is 1.61 bits per heavy atom. The van der Waals surface area contributed by atoms with Crippen LogP contribution in [0.15, 0.2) is 12.7 Å². The third-order valence-electron chi connectivity index (χ3n) is 7.51. The van der Waals surface area contributed by atoms with E-state index < -0.39 is 63.6 Å². The second kappa shape index (κ2) is 19.2. The molecular formula is C29H47N5O11P-. The lowest BCUT2D eigenvalue weighted by molar-refractivity contribution is -0.231. The lowest BCUT2D eigenvalue weighted by Crippen LogP contribution is -2.34. The second-order valence-corrected chi connectivity index (χ2v) is 12.7. The van der Waals surface area contributed by atoms with Gasteiger partial charge in [-0.2, -0.15) is 0 Å². The number of aromatic nitrogens is 4. The Morgan fingerprint density at radius 3 is 2.28 bits per heavy atom. The maximum absolute atomic E-state index is 12.6. The maximum atomic E-state index is 12.6. The van der Waals surface area contributed by atoms with Crippen molar-refractivity contribution >= 4 is 36.7 Å². The number of carbonyl (C=O) groups is 2. The van der Waals surface area contributed by atoms with Crippen LogP contribution in [0.3, 0.4) is 0 Å². The van der Waals surface area contributed by atoms with Gasteiger partial charge in [-0.3, -0.25) is 18.7 Å². The summed E-state index contributed by atoms with van der Waals surface area (Å²) in [6, 6.07) is 0. The van der Waals surface area contributed by atoms with Gasteiger partial charge < -0.3 is 44.1 Å². The van der Waals surface area contributed by atoms with E-state index in [-0.39, 0.29) is 36.4 Å². The molecule has 2 aromatic heterocycles. The maximum Gasteiger partial charge on any atom is 0.306 e. The molecule has 1 aliphatic rings. The summed E-state index contributed by atoms with van der Waals surface area (Å²) >= 11 is 0. The minimum absolute atomic E-state index is 0.106. The molecule has 4 N–H and O–H groups in total. The van der Waals surface area contributed by atoms with E-state index in [1.54, 1.807) is 0 Å². The summed E-state index contributed by atoms with van der Waals surface area (Å²) < 4.78 is 40.2. The van der Waals surface area contributed by atoms with Gasteiger partial charge in [0.2, 0.25) is 0 Å². The van der Waals surface area contributed by atoms with Crippen LogP contribution in [0.2, 0.25) is 0 Å². The first-order chi connectivity index (χ1) is 22.1. The van der Waals surface area contributed by atoms with Gasteiger partial charge >= 0.3 is 11.9 Å². The number of unbranched alkanes of at least 4 members (excludes halogenated alkanes) is 8. The number of rotatable bonds is 22. The summed E-state index contributed by atoms with van der Waals surface area (Å²) in [4.78, 5) is 49.3. The van der Waals surface area contributed by atoms with Crippen molar-refractivity contribution < 1.29 is 52.5 Å². The van der Waals surface area contributed by atoms with Gasteiger partial charge in [-0.15, -0.1) is 0 Å². The van der Waals surface area contributed by atoms with E-state index in [4.69, 9.17) is 29.0 Å². The number of nitrogen functional groups attached to an aromatic ring is 1. The van der Waals surface area contributed by atoms with Gasteiger partial charge in [-0.1, -0.05) is 65.2 Å². The van der Waals surface area contributed by atoms with Crippen LogP contribution in [0.1, 0.15) is 97.1 Å². The Morgan fingerprint density at radius 1 is 0.957 bits per heavy atom. The molecule has 1 saturated heterocycles. The molecule has 1 aliphatic heterocycles. The lowest BCUT2D eigenvalue weighted by Gasteiger charge is -2.27. The first-order valence-electron chi connectivity index (χ1n) is 16.0. The highest BCUT2D eigenvalue weighted by Gasteiger charge is 2.45. The van der Waals surface area contributed by atoms with Crippen molar-refractivity contribution in [3.63, 3.8) is 0 Å². The minimum atomic E-state index is -5.03. The number of aliphatic hydroxyl groups excluding tert-OH is 2. The zero-order valence-corrected chi connectivity index (χ0v) is 27.4. The quantitative estimate of drug-likeness (QED) is 0.0927. The molecule has 0 saturated carbocycles. The molecule has 6 atom stereocenters. The van der Waals surface area contributed by atoms with Crippen molar-refractivity contribution in [3.05, 3.63) is 12.7 Å². The smallest absolute Gasteiger partial charge is 0.306 e. The molecule has 17 heteroatoms. The van der Waals surface area contributed by atoms with E-state index in [1.807, 2.05) is 0 Å². The van der Waals surface area contributed by atoms with Crippen molar-refractivity contribution in [2.75, 3.05) is 25.6 Å². The Hall–Kier alpha value is -2.72. The van der Waals surface area contributed by atoms with Crippen LogP contribution in [0.4, 0.5) is 5.82 Å². The molecule has 3 heterocycles. The summed E-state index contributed by atoms with van der Waals surface area (Å²) in [5.74, 6) is -0.947. The number of esters is 2. The Bertz CT molecular complexity index is 1280. The van der Waals surface area contributed by atoms with Crippen LogP contribution >= 0.6 is 7.82 Å². The summed E-state index contributed by atoms with van der Waals surface area (Å²) in [5.41, 5.74) is 6.30. The highest BCUT2D eigenvalue weighted by molar-refractivity contribution is 7.45. The number of hydrogen-bond acceptors (Lipinski definition) is 15. The molecule has 0 spiro atoms. The van der Waals surface area contributed by atoms with Crippen molar-refractivity contribution in [3.8, 4) is 0 Å². The summed E-state index contributed by atoms with van der Waals surface area (Å²) in [6.45, 7) is 2.43. The van der Waals surface area contributed by atoms with Crippen LogP contribution in [0, 0.1) is 0 Å². The number of carbonyl (C=O) groups excluding carboxylic acids is 2. The molecule has 0 aliphatic carbocycles. The first kappa shape index (κ1) is 37.7. The number of hydrogen-bond donors (Lipinski definition) is 3. The Labute approximate surface area is 268 Å². The molecule has 1 fully saturated rings. The topological polar surface area (TPSA) is 230 Å². The molecule has 0 radical (unpaired) electrons. The molecule has 2 unspecified atom stereocenters. The van der Waals surface area contributed by atoms with Crippen molar-refractivity contribution in [2.24, 2.45) is 0 Å². The number of nitrogens with two attached hydrogens (primary N) is 1. The number of aliphatic hydroxyl groups is 2. The number of nitrogens with zero attached hydrogens (tertiary/aromatic N) is 4. The third-order valence-corrected chi connectivity index (χ3v) is 8.44. The number of fused-ring (bicyclic) bond motifs is 1. The molecule has 46 heavy (non-hydrogen) atoms. The number of imidazole rings is 1. The minimum Gasteiger partial charge on any atom is -0.756 e. The zero-order chi connectivity index (χ0) is 33.5. The van der Waals surface area contributed by atoms with E-state index in [0.717, 1.165) is 51.4 Å². The SMILES string of the molecule is CCCCCCCC(=O)OC[C@@H](COP(=O)([O-])OC[C@H]1O[C@@H](n2cnc3c(N)ncnc32)[C@@H](O)C1O)OC(=O)CCCCCCC. The predicted octanol–water partition coefficient (Wildman–Crippen LogP) is 2.71. The van der Waals surface area contributed by atoms with E-state index in [0.29, 0.717) is 12.8 Å². The van der Waals surface area contributed by atoms with Crippen molar-refractivity contribution in [1.82, 2.24) is 19.5 Å². The van der Waals surface area contributed by atoms with Crippen molar-refractivity contribution in [2.45, 2.75) is 122 Å². The van der Waals surface area contributed by atoms with Crippen LogP contribution in [-0.4, -0.2) is 85.9 Å². The van der Waals surface area contributed by atoms with Crippen LogP contribution < -0.4 is 10.6 Å². The number of ether oxygens (including phenoxy) is 3. The Balaban J connectivity index is 1.52. The molecule has 260 valence electrons. The van der Waals surface area contributed by atoms with E-state index in [2.05, 4.69) is 28.8 Å². The summed E-state index contributed by atoms with van der Waals surface area (Å²) in [5, 5.41) is 21.1. The van der Waals surface area contributed by atoms with Gasteiger partial charge in [0, 0.05) is 12.8 Å². The normalized spacial score (nSPS) is 21.7. The average molecular weight is 673 g/mol. The molecule has 0 amide bonds. The molecular weight excluding hydrogens is 625 g/mol. The fourth-order valence-electron chi connectivity index (χ4n) is 4.89. The van der Waals surface area contributed by atoms with Gasteiger partial charge in [-0.25, -0.2) is 15.0 Å². The largest absolute Gasteiger partial charge is 0.756 e. The fourth-order valence-corrected chi connectivity index (χ4v) is 5.65. The zero-order valence-electron chi connectivity index (χ0n) is 26.5. The van der Waals surface area contributed by atoms with Gasteiger partial charge in [0.05, 0.1) is 19.5 Å².